The van der Waals surface area contributed by atoms with Gasteiger partial charge in [-0.25, -0.2) is 22.0 Å². The molecule has 5 aliphatic rings. The summed E-state index contributed by atoms with van der Waals surface area (Å²) in [6.07, 6.45) is 5.64. The fourth-order valence-corrected chi connectivity index (χ4v) is 9.83. The number of halogens is 2. The number of nitrogens with zero attached hydrogens (tertiary/aromatic N) is 2. The lowest BCUT2D eigenvalue weighted by molar-refractivity contribution is -0.152. The van der Waals surface area contributed by atoms with Crippen LogP contribution in [0.1, 0.15) is 98.5 Å². The number of carbonyl (C=O) groups excluding carboxylic acids is 4. The monoisotopic (exact) mass is 873 g/mol. The smallest absolute Gasteiger partial charge is 0.408 e. The van der Waals surface area contributed by atoms with Crippen LogP contribution in [-0.4, -0.2) is 102 Å². The molecule has 15 nitrogen and oxygen atoms in total. The number of pyridine rings is 1. The Morgan fingerprint density at radius 1 is 1.10 bits per heavy atom. The average Bonchev–Trinajstić information content (AvgIpc) is 4.07. The molecule has 334 valence electrons. The van der Waals surface area contributed by atoms with Crippen LogP contribution in [0.4, 0.5) is 13.6 Å². The summed E-state index contributed by atoms with van der Waals surface area (Å²) in [5.41, 5.74) is -2.96. The van der Waals surface area contributed by atoms with Gasteiger partial charge in [-0.2, -0.15) is 4.98 Å². The van der Waals surface area contributed by atoms with E-state index in [0.29, 0.717) is 69.1 Å². The maximum atomic E-state index is 15.0. The van der Waals surface area contributed by atoms with E-state index in [2.05, 4.69) is 15.4 Å². The number of aromatic nitrogens is 1. The van der Waals surface area contributed by atoms with Crippen molar-refractivity contribution in [2.75, 3.05) is 20.3 Å². The Morgan fingerprint density at radius 2 is 1.84 bits per heavy atom. The van der Waals surface area contributed by atoms with E-state index in [0.717, 1.165) is 31.2 Å². The summed E-state index contributed by atoms with van der Waals surface area (Å²) >= 11 is 0. The Labute approximate surface area is 355 Å². The number of amides is 4. The van der Waals surface area contributed by atoms with Crippen LogP contribution in [0, 0.1) is 17.8 Å². The minimum Gasteiger partial charge on any atom is -0.497 e. The summed E-state index contributed by atoms with van der Waals surface area (Å²) in [6.45, 7) is 8.36. The topological polar surface area (TPSA) is 192 Å². The molecule has 3 fully saturated rings. The lowest BCUT2D eigenvalue weighted by atomic mass is 9.88. The summed E-state index contributed by atoms with van der Waals surface area (Å²) < 4.78 is 79.9. The summed E-state index contributed by atoms with van der Waals surface area (Å²) in [5, 5.41) is 6.88. The van der Waals surface area contributed by atoms with Crippen molar-refractivity contribution in [2.45, 2.75) is 139 Å². The highest BCUT2D eigenvalue weighted by Crippen LogP contribution is 2.48. The van der Waals surface area contributed by atoms with Gasteiger partial charge in [0.25, 0.3) is 11.8 Å². The molecule has 1 aromatic heterocycles. The molecule has 4 amide bonds. The van der Waals surface area contributed by atoms with Gasteiger partial charge in [0.2, 0.25) is 33.6 Å². The van der Waals surface area contributed by atoms with Crippen molar-refractivity contribution in [1.29, 1.82) is 0 Å². The minimum atomic E-state index is -4.07. The molecule has 7 rings (SSSR count). The summed E-state index contributed by atoms with van der Waals surface area (Å²) in [4.78, 5) is 63.0. The second-order valence-corrected chi connectivity index (χ2v) is 20.6. The van der Waals surface area contributed by atoms with Crippen LogP contribution in [0.2, 0.25) is 0 Å². The number of hydrogen-bond acceptors (Lipinski definition) is 11. The van der Waals surface area contributed by atoms with Gasteiger partial charge in [0.1, 0.15) is 29.5 Å². The van der Waals surface area contributed by atoms with Gasteiger partial charge in [-0.1, -0.05) is 26.0 Å². The molecule has 1 saturated heterocycles. The van der Waals surface area contributed by atoms with E-state index >= 15 is 0 Å². The van der Waals surface area contributed by atoms with Gasteiger partial charge in [0, 0.05) is 30.2 Å². The van der Waals surface area contributed by atoms with Gasteiger partial charge in [-0.3, -0.25) is 19.1 Å². The fourth-order valence-electron chi connectivity index (χ4n) is 8.52. The second-order valence-electron chi connectivity index (χ2n) is 18.4. The highest BCUT2D eigenvalue weighted by Gasteiger charge is 2.63. The third-order valence-corrected chi connectivity index (χ3v) is 15.4. The van der Waals surface area contributed by atoms with Crippen LogP contribution in [-0.2, 0) is 35.6 Å². The van der Waals surface area contributed by atoms with Crippen LogP contribution in [0.5, 0.6) is 17.5 Å². The predicted molar refractivity (Wildman–Crippen MR) is 220 cm³/mol. The number of alkyl carbamates (subject to hydrolysis) is 1. The van der Waals surface area contributed by atoms with Crippen molar-refractivity contribution in [3.05, 3.63) is 35.9 Å². The SMILES string of the molecule is COc1ccc2c(O[C@@H]3C[C@H]4C(=O)N[C@]5(C(=O)NS(=O)(=O)C6(C)CC6)C[C@H]5/C=C\CC[C@@H](C)C[C@@H](C)[C@H](NC(=O)OC(C)(C)C(C)(F)F)C(=O)N4C3)nc3c(c2c1)CCCO3. The standard InChI is InChI=1S/C43H57F2N5O10S/c1-24-11-8-9-12-26-22-43(26,38(53)49-61(55,56)41(5)16-17-41)48-34(51)32-21-28(59-36-30-15-14-27(57-7)20-31(30)29-13-10-18-58-35(29)47-36)23-50(32)37(52)33(25(2)19-24)46-39(54)60-40(3,4)42(6,44)45/h9,12,14-15,20,24-26,28,32-33H,8,10-11,13,16-19,21-23H2,1-7H3,(H,46,54)(H,48,51)(H,49,53)/b12-9-/t24-,25-,26-,28-,32+,33+,43-/m1/s1. The van der Waals surface area contributed by atoms with E-state index in [1.807, 2.05) is 31.2 Å². The number of methoxy groups -OCH3 is 1. The number of carbonyl (C=O) groups is 4. The normalized spacial score (nSPS) is 29.6. The lowest BCUT2D eigenvalue weighted by Gasteiger charge is -2.35. The molecule has 7 atom stereocenters. The van der Waals surface area contributed by atoms with E-state index in [1.54, 1.807) is 27.0 Å². The quantitative estimate of drug-likeness (QED) is 0.276. The first-order valence-corrected chi connectivity index (χ1v) is 22.6. The van der Waals surface area contributed by atoms with Gasteiger partial charge < -0.3 is 34.5 Å². The first kappa shape index (κ1) is 44.3. The van der Waals surface area contributed by atoms with Crippen LogP contribution in [0.25, 0.3) is 10.8 Å². The average molecular weight is 874 g/mol. The number of alkyl halides is 2. The molecular formula is C43H57F2N5O10S. The molecule has 18 heteroatoms. The maximum absolute atomic E-state index is 15.0. The Hall–Kier alpha value is -4.74. The first-order chi connectivity index (χ1) is 28.6. The highest BCUT2D eigenvalue weighted by atomic mass is 32.2. The van der Waals surface area contributed by atoms with Crippen molar-refractivity contribution in [3.8, 4) is 17.5 Å². The Balaban J connectivity index is 1.25. The number of ether oxygens (including phenoxy) is 4. The number of fused-ring (bicyclic) bond motifs is 5. The van der Waals surface area contributed by atoms with E-state index in [9.17, 15) is 36.4 Å². The van der Waals surface area contributed by atoms with E-state index in [-0.39, 0.29) is 31.2 Å². The maximum Gasteiger partial charge on any atom is 0.408 e. The van der Waals surface area contributed by atoms with Crippen LogP contribution in [0.3, 0.4) is 0 Å². The van der Waals surface area contributed by atoms with Gasteiger partial charge >= 0.3 is 6.09 Å². The number of nitrogens with one attached hydrogen (secondary N) is 3. The number of hydrogen-bond donors (Lipinski definition) is 3. The zero-order valence-corrected chi connectivity index (χ0v) is 36.6. The molecule has 2 aliphatic carbocycles. The Kier molecular flexibility index (Phi) is 11.8. The largest absolute Gasteiger partial charge is 0.497 e. The van der Waals surface area contributed by atoms with Crippen molar-refractivity contribution in [3.63, 3.8) is 0 Å². The summed E-state index contributed by atoms with van der Waals surface area (Å²) in [5.74, 6) is -5.58. The minimum absolute atomic E-state index is 0.0143. The molecule has 2 aromatic rings. The van der Waals surface area contributed by atoms with Crippen molar-refractivity contribution in [1.82, 2.24) is 25.2 Å². The predicted octanol–water partition coefficient (Wildman–Crippen LogP) is 5.33. The first-order valence-electron chi connectivity index (χ1n) is 21.1. The van der Waals surface area contributed by atoms with Crippen molar-refractivity contribution in [2.24, 2.45) is 17.8 Å². The van der Waals surface area contributed by atoms with Crippen molar-refractivity contribution < 1.29 is 55.3 Å². The third kappa shape index (κ3) is 8.83. The molecule has 1 aromatic carbocycles. The van der Waals surface area contributed by atoms with Crippen molar-refractivity contribution >= 4 is 44.6 Å². The number of rotatable bonds is 9. The third-order valence-electron chi connectivity index (χ3n) is 13.3. The molecular weight excluding hydrogens is 817 g/mol. The van der Waals surface area contributed by atoms with Crippen LogP contribution >= 0.6 is 0 Å². The van der Waals surface area contributed by atoms with Gasteiger partial charge in [0.15, 0.2) is 5.60 Å². The molecule has 0 spiro atoms. The highest BCUT2D eigenvalue weighted by molar-refractivity contribution is 7.91. The Morgan fingerprint density at radius 3 is 2.52 bits per heavy atom. The molecule has 4 heterocycles. The van der Waals surface area contributed by atoms with E-state index in [4.69, 9.17) is 23.9 Å². The van der Waals surface area contributed by atoms with Crippen LogP contribution in [0.15, 0.2) is 30.4 Å². The number of benzene rings is 1. The molecule has 0 radical (unpaired) electrons. The summed E-state index contributed by atoms with van der Waals surface area (Å²) in [6, 6.07) is 2.84. The molecule has 0 unspecified atom stereocenters. The molecule has 3 aliphatic heterocycles. The lowest BCUT2D eigenvalue weighted by Crippen LogP contribution is -2.59. The second kappa shape index (κ2) is 16.2. The van der Waals surface area contributed by atoms with Crippen LogP contribution < -0.4 is 29.6 Å². The number of aryl methyl sites for hydroxylation is 1. The Bertz CT molecular complexity index is 2230. The molecule has 2 saturated carbocycles. The zero-order valence-electron chi connectivity index (χ0n) is 35.8. The van der Waals surface area contributed by atoms with Gasteiger partial charge in [0.05, 0.1) is 25.0 Å². The van der Waals surface area contributed by atoms with E-state index < -0.39 is 85.7 Å². The fraction of sp³-hybridized carbons (Fsp3) is 0.651. The molecule has 61 heavy (non-hydrogen) atoms. The zero-order chi connectivity index (χ0) is 44.3. The summed E-state index contributed by atoms with van der Waals surface area (Å²) in [7, 11) is -2.50. The van der Waals surface area contributed by atoms with Gasteiger partial charge in [-0.05, 0) is 108 Å². The number of sulfonamides is 1. The van der Waals surface area contributed by atoms with E-state index in [1.165, 1.54) is 4.90 Å². The van der Waals surface area contributed by atoms with Gasteiger partial charge in [-0.15, -0.1) is 0 Å². The molecule has 0 bridgehead atoms. The number of allylic oxidation sites excluding steroid dienone is 1. The molecule has 3 N–H and O–H groups in total.